The average Bonchev–Trinajstić information content (AvgIpc) is 3.18. The maximum absolute atomic E-state index is 12.2. The van der Waals surface area contributed by atoms with Gasteiger partial charge in [0.15, 0.2) is 5.96 Å². The molecular formula is C20H31IN4O2S2. The van der Waals surface area contributed by atoms with Crippen molar-refractivity contribution in [2.75, 3.05) is 25.4 Å². The van der Waals surface area contributed by atoms with Crippen LogP contribution in [-0.4, -0.2) is 39.8 Å². The molecule has 3 N–H and O–H groups in total. The van der Waals surface area contributed by atoms with Crippen LogP contribution in [0.15, 0.2) is 52.8 Å². The van der Waals surface area contributed by atoms with Crippen LogP contribution < -0.4 is 15.4 Å². The Morgan fingerprint density at radius 3 is 2.55 bits per heavy atom. The highest BCUT2D eigenvalue weighted by atomic mass is 127. The maximum Gasteiger partial charge on any atom is 0.213 e. The Hall–Kier alpha value is -1.17. The highest BCUT2D eigenvalue weighted by Gasteiger charge is 2.10. The van der Waals surface area contributed by atoms with E-state index < -0.39 is 10.0 Å². The van der Waals surface area contributed by atoms with Crippen molar-refractivity contribution < 1.29 is 8.42 Å². The summed E-state index contributed by atoms with van der Waals surface area (Å²) in [6.45, 7) is 6.18. The molecule has 0 fully saturated rings. The highest BCUT2D eigenvalue weighted by Crippen LogP contribution is 2.14. The fourth-order valence-electron chi connectivity index (χ4n) is 2.59. The van der Waals surface area contributed by atoms with Gasteiger partial charge in [-0.1, -0.05) is 43.3 Å². The van der Waals surface area contributed by atoms with E-state index in [1.54, 1.807) is 11.3 Å². The van der Waals surface area contributed by atoms with Gasteiger partial charge in [-0.15, -0.1) is 35.3 Å². The summed E-state index contributed by atoms with van der Waals surface area (Å²) in [6, 6.07) is 13.7. The average molecular weight is 551 g/mol. The third-order valence-electron chi connectivity index (χ3n) is 4.04. The van der Waals surface area contributed by atoms with Gasteiger partial charge in [-0.3, -0.25) is 4.99 Å². The molecule has 2 rings (SSSR count). The number of thiophene rings is 1. The lowest BCUT2D eigenvalue weighted by Crippen LogP contribution is -2.41. The summed E-state index contributed by atoms with van der Waals surface area (Å²) in [5, 5.41) is 8.37. The topological polar surface area (TPSA) is 82.6 Å². The van der Waals surface area contributed by atoms with Crippen molar-refractivity contribution in [3.05, 3.63) is 58.3 Å². The van der Waals surface area contributed by atoms with Crippen LogP contribution in [0.5, 0.6) is 0 Å². The summed E-state index contributed by atoms with van der Waals surface area (Å²) < 4.78 is 27.0. The Bertz CT molecular complexity index is 812. The van der Waals surface area contributed by atoms with Crippen molar-refractivity contribution in [2.24, 2.45) is 10.9 Å². The van der Waals surface area contributed by atoms with E-state index >= 15 is 0 Å². The van der Waals surface area contributed by atoms with Crippen LogP contribution in [0.4, 0.5) is 0 Å². The molecule has 0 bridgehead atoms. The quantitative estimate of drug-likeness (QED) is 0.228. The zero-order valence-corrected chi connectivity index (χ0v) is 20.9. The van der Waals surface area contributed by atoms with E-state index in [9.17, 15) is 8.42 Å². The molecule has 0 saturated carbocycles. The number of guanidine groups is 1. The molecule has 0 radical (unpaired) electrons. The second-order valence-electron chi connectivity index (χ2n) is 6.66. The van der Waals surface area contributed by atoms with Crippen molar-refractivity contribution in [3.8, 4) is 0 Å². The van der Waals surface area contributed by atoms with Crippen molar-refractivity contribution in [1.82, 2.24) is 15.4 Å². The number of nitrogens with zero attached hydrogens (tertiary/aromatic N) is 1. The Morgan fingerprint density at radius 2 is 1.90 bits per heavy atom. The van der Waals surface area contributed by atoms with Gasteiger partial charge in [0.2, 0.25) is 10.0 Å². The van der Waals surface area contributed by atoms with Crippen LogP contribution in [0, 0.1) is 5.92 Å². The third kappa shape index (κ3) is 11.0. The predicted octanol–water partition coefficient (Wildman–Crippen LogP) is 3.22. The van der Waals surface area contributed by atoms with Gasteiger partial charge in [0, 0.05) is 31.1 Å². The smallest absolute Gasteiger partial charge is 0.213 e. The Kier molecular flexibility index (Phi) is 12.4. The van der Waals surface area contributed by atoms with E-state index in [-0.39, 0.29) is 29.7 Å². The van der Waals surface area contributed by atoms with Crippen LogP contribution in [-0.2, 0) is 23.0 Å². The van der Waals surface area contributed by atoms with Crippen molar-refractivity contribution >= 4 is 51.3 Å². The molecule has 0 saturated heterocycles. The number of rotatable bonds is 11. The van der Waals surface area contributed by atoms with E-state index in [1.807, 2.05) is 37.3 Å². The number of hydrogen-bond donors (Lipinski definition) is 3. The van der Waals surface area contributed by atoms with Gasteiger partial charge in [-0.2, -0.15) is 0 Å². The second kappa shape index (κ2) is 13.9. The molecule has 9 heteroatoms. The Labute approximate surface area is 195 Å². The van der Waals surface area contributed by atoms with Crippen molar-refractivity contribution in [3.63, 3.8) is 0 Å². The minimum atomic E-state index is -3.35. The van der Waals surface area contributed by atoms with Crippen LogP contribution in [0.2, 0.25) is 0 Å². The van der Waals surface area contributed by atoms with Crippen LogP contribution in [0.1, 0.15) is 24.3 Å². The zero-order valence-electron chi connectivity index (χ0n) is 16.9. The number of aliphatic imine (C=N–C) groups is 1. The lowest BCUT2D eigenvalue weighted by molar-refractivity contribution is 0.579. The summed E-state index contributed by atoms with van der Waals surface area (Å²) in [6.07, 6.45) is 0.998. The molecule has 1 unspecified atom stereocenters. The lowest BCUT2D eigenvalue weighted by Gasteiger charge is -2.13. The van der Waals surface area contributed by atoms with Gasteiger partial charge in [-0.25, -0.2) is 13.1 Å². The highest BCUT2D eigenvalue weighted by molar-refractivity contribution is 14.0. The molecule has 1 aromatic carbocycles. The Balaban J connectivity index is 0.00000420. The number of hydrogen-bond acceptors (Lipinski definition) is 4. The number of sulfonamides is 1. The van der Waals surface area contributed by atoms with Gasteiger partial charge >= 0.3 is 0 Å². The SMILES string of the molecule is CCNC(=NCC(C)Cc1cccs1)NCCS(=O)(=O)NCc1ccccc1.I. The molecule has 1 atom stereocenters. The molecule has 1 aromatic heterocycles. The van der Waals surface area contributed by atoms with E-state index in [1.165, 1.54) is 4.88 Å². The van der Waals surface area contributed by atoms with E-state index in [4.69, 9.17) is 0 Å². The molecule has 0 aliphatic rings. The number of benzene rings is 1. The van der Waals surface area contributed by atoms with Crippen molar-refractivity contribution in [2.45, 2.75) is 26.8 Å². The summed E-state index contributed by atoms with van der Waals surface area (Å²) >= 11 is 1.76. The second-order valence-corrected chi connectivity index (χ2v) is 9.62. The lowest BCUT2D eigenvalue weighted by atomic mass is 10.1. The molecule has 0 amide bonds. The molecule has 6 nitrogen and oxygen atoms in total. The molecule has 1 heterocycles. The monoisotopic (exact) mass is 550 g/mol. The largest absolute Gasteiger partial charge is 0.357 e. The maximum atomic E-state index is 12.2. The van der Waals surface area contributed by atoms with Gasteiger partial charge in [0.05, 0.1) is 5.75 Å². The first kappa shape index (κ1) is 25.9. The van der Waals surface area contributed by atoms with E-state index in [0.717, 1.165) is 18.5 Å². The number of halogens is 1. The molecule has 0 aliphatic carbocycles. The molecule has 0 spiro atoms. The summed E-state index contributed by atoms with van der Waals surface area (Å²) in [7, 11) is -3.35. The standard InChI is InChI=1S/C20H30N4O2S2.HI/c1-3-21-20(23-15-17(2)14-19-10-7-12-27-19)22-11-13-28(25,26)24-16-18-8-5-4-6-9-18;/h4-10,12,17,24H,3,11,13-16H2,1-2H3,(H2,21,22,23);1H. The van der Waals surface area contributed by atoms with Gasteiger partial charge in [0.25, 0.3) is 0 Å². The fourth-order valence-corrected chi connectivity index (χ4v) is 4.36. The van der Waals surface area contributed by atoms with Gasteiger partial charge < -0.3 is 10.6 Å². The molecular weight excluding hydrogens is 519 g/mol. The van der Waals surface area contributed by atoms with Crippen molar-refractivity contribution in [1.29, 1.82) is 0 Å². The first-order valence-electron chi connectivity index (χ1n) is 9.54. The van der Waals surface area contributed by atoms with Crippen LogP contribution >= 0.6 is 35.3 Å². The van der Waals surface area contributed by atoms with Gasteiger partial charge in [0.1, 0.15) is 0 Å². The zero-order chi connectivity index (χ0) is 20.2. The molecule has 2 aromatic rings. The Morgan fingerprint density at radius 1 is 1.14 bits per heavy atom. The minimum Gasteiger partial charge on any atom is -0.357 e. The number of nitrogens with one attached hydrogen (secondary N) is 3. The summed E-state index contributed by atoms with van der Waals surface area (Å²) in [5.74, 6) is 1.07. The van der Waals surface area contributed by atoms with E-state index in [0.29, 0.717) is 31.5 Å². The molecule has 0 aliphatic heterocycles. The van der Waals surface area contributed by atoms with Crippen LogP contribution in [0.25, 0.3) is 0 Å². The summed E-state index contributed by atoms with van der Waals surface area (Å²) in [5.41, 5.74) is 0.939. The summed E-state index contributed by atoms with van der Waals surface area (Å²) in [4.78, 5) is 5.95. The molecule has 162 valence electrons. The van der Waals surface area contributed by atoms with Gasteiger partial charge in [-0.05, 0) is 36.3 Å². The minimum absolute atomic E-state index is 0. The van der Waals surface area contributed by atoms with Crippen LogP contribution in [0.3, 0.4) is 0 Å². The molecule has 29 heavy (non-hydrogen) atoms. The normalized spacial score (nSPS) is 12.8. The predicted molar refractivity (Wildman–Crippen MR) is 134 cm³/mol. The van der Waals surface area contributed by atoms with E-state index in [2.05, 4.69) is 44.8 Å². The first-order valence-corrected chi connectivity index (χ1v) is 12.1. The third-order valence-corrected chi connectivity index (χ3v) is 6.26. The fraction of sp³-hybridized carbons (Fsp3) is 0.450. The first-order chi connectivity index (χ1) is 13.5.